The molecular formula is C10H12BrN3. The summed E-state index contributed by atoms with van der Waals surface area (Å²) in [6.45, 7) is 2.07. The number of anilines is 1. The number of aromatic nitrogens is 2. The molecule has 0 aliphatic heterocycles. The summed E-state index contributed by atoms with van der Waals surface area (Å²) in [6.07, 6.45) is 0. The van der Waals surface area contributed by atoms with Crippen LogP contribution in [0.25, 0.3) is 11.0 Å². The van der Waals surface area contributed by atoms with Crippen LogP contribution in [-0.4, -0.2) is 16.6 Å². The maximum Gasteiger partial charge on any atom is 0.203 e. The van der Waals surface area contributed by atoms with Crippen LogP contribution in [0.2, 0.25) is 0 Å². The van der Waals surface area contributed by atoms with E-state index in [2.05, 4.69) is 45.3 Å². The Morgan fingerprint density at radius 2 is 2.14 bits per heavy atom. The van der Waals surface area contributed by atoms with Gasteiger partial charge in [0.05, 0.1) is 11.0 Å². The minimum Gasteiger partial charge on any atom is -0.359 e. The average Bonchev–Trinajstić information content (AvgIpc) is 2.44. The fraction of sp³-hybridized carbons (Fsp3) is 0.300. The van der Waals surface area contributed by atoms with Crippen molar-refractivity contribution in [2.45, 2.75) is 6.92 Å². The second-order valence-electron chi connectivity index (χ2n) is 3.33. The van der Waals surface area contributed by atoms with Gasteiger partial charge in [-0.2, -0.15) is 0 Å². The van der Waals surface area contributed by atoms with Gasteiger partial charge >= 0.3 is 0 Å². The van der Waals surface area contributed by atoms with Gasteiger partial charge in [-0.3, -0.25) is 0 Å². The molecule has 0 saturated heterocycles. The molecule has 1 aromatic carbocycles. The highest BCUT2D eigenvalue weighted by Gasteiger charge is 2.08. The van der Waals surface area contributed by atoms with E-state index in [1.807, 2.05) is 18.7 Å². The number of hydrogen-bond donors (Lipinski definition) is 1. The molecule has 0 atom stereocenters. The van der Waals surface area contributed by atoms with Gasteiger partial charge in [0.1, 0.15) is 0 Å². The van der Waals surface area contributed by atoms with E-state index in [4.69, 9.17) is 0 Å². The molecule has 0 spiro atoms. The van der Waals surface area contributed by atoms with Crippen LogP contribution < -0.4 is 5.32 Å². The quantitative estimate of drug-likeness (QED) is 0.847. The highest BCUT2D eigenvalue weighted by molar-refractivity contribution is 9.10. The molecule has 0 amide bonds. The molecule has 0 bridgehead atoms. The Balaban J connectivity index is 2.85. The number of aryl methyl sites for hydroxylation is 2. The van der Waals surface area contributed by atoms with Crippen molar-refractivity contribution >= 4 is 32.9 Å². The van der Waals surface area contributed by atoms with Gasteiger partial charge in [0, 0.05) is 18.6 Å². The van der Waals surface area contributed by atoms with E-state index in [0.717, 1.165) is 21.5 Å². The van der Waals surface area contributed by atoms with Gasteiger partial charge < -0.3 is 9.88 Å². The van der Waals surface area contributed by atoms with Crippen molar-refractivity contribution in [2.24, 2.45) is 7.05 Å². The summed E-state index contributed by atoms with van der Waals surface area (Å²) < 4.78 is 3.14. The molecular weight excluding hydrogens is 242 g/mol. The zero-order chi connectivity index (χ0) is 10.3. The summed E-state index contributed by atoms with van der Waals surface area (Å²) in [4.78, 5) is 4.50. The lowest BCUT2D eigenvalue weighted by molar-refractivity contribution is 0.952. The predicted octanol–water partition coefficient (Wildman–Crippen LogP) is 2.69. The van der Waals surface area contributed by atoms with Crippen LogP contribution >= 0.6 is 15.9 Å². The average molecular weight is 254 g/mol. The first-order valence-corrected chi connectivity index (χ1v) is 5.23. The molecule has 3 nitrogen and oxygen atoms in total. The number of rotatable bonds is 1. The molecule has 74 valence electrons. The number of nitrogens with one attached hydrogen (secondary N) is 1. The summed E-state index contributed by atoms with van der Waals surface area (Å²) in [5.41, 5.74) is 3.38. The van der Waals surface area contributed by atoms with Crippen LogP contribution in [0.5, 0.6) is 0 Å². The van der Waals surface area contributed by atoms with E-state index in [-0.39, 0.29) is 0 Å². The molecule has 0 aliphatic carbocycles. The second kappa shape index (κ2) is 3.28. The van der Waals surface area contributed by atoms with E-state index < -0.39 is 0 Å². The number of halogens is 1. The Kier molecular flexibility index (Phi) is 2.23. The fourth-order valence-corrected chi connectivity index (χ4v) is 2.20. The van der Waals surface area contributed by atoms with Crippen LogP contribution in [0, 0.1) is 6.92 Å². The third-order valence-electron chi connectivity index (χ3n) is 2.37. The van der Waals surface area contributed by atoms with Crippen molar-refractivity contribution in [3.05, 3.63) is 22.2 Å². The van der Waals surface area contributed by atoms with E-state index >= 15 is 0 Å². The third-order valence-corrected chi connectivity index (χ3v) is 2.82. The molecule has 0 radical (unpaired) electrons. The SMILES string of the molecule is CNc1nc2c(C)cc(Br)cc2n1C. The van der Waals surface area contributed by atoms with Crippen molar-refractivity contribution in [3.63, 3.8) is 0 Å². The monoisotopic (exact) mass is 253 g/mol. The van der Waals surface area contributed by atoms with Gasteiger partial charge in [0.25, 0.3) is 0 Å². The normalized spacial score (nSPS) is 10.9. The highest BCUT2D eigenvalue weighted by atomic mass is 79.9. The Hall–Kier alpha value is -1.03. The van der Waals surface area contributed by atoms with Crippen molar-refractivity contribution in [1.82, 2.24) is 9.55 Å². The van der Waals surface area contributed by atoms with Crippen LogP contribution in [0.4, 0.5) is 5.95 Å². The topological polar surface area (TPSA) is 29.9 Å². The van der Waals surface area contributed by atoms with Gasteiger partial charge in [-0.25, -0.2) is 4.98 Å². The highest BCUT2D eigenvalue weighted by Crippen LogP contribution is 2.25. The standard InChI is InChI=1S/C10H12BrN3/c1-6-4-7(11)5-8-9(6)13-10(12-2)14(8)3/h4-5H,1-3H3,(H,12,13). The molecule has 0 aliphatic rings. The molecule has 4 heteroatoms. The zero-order valence-electron chi connectivity index (χ0n) is 8.43. The minimum atomic E-state index is 0.890. The molecule has 1 heterocycles. The second-order valence-corrected chi connectivity index (χ2v) is 4.25. The predicted molar refractivity (Wildman–Crippen MR) is 62.7 cm³/mol. The van der Waals surface area contributed by atoms with E-state index in [0.29, 0.717) is 0 Å². The molecule has 2 rings (SSSR count). The number of benzene rings is 1. The Morgan fingerprint density at radius 3 is 2.79 bits per heavy atom. The zero-order valence-corrected chi connectivity index (χ0v) is 10.0. The summed E-state index contributed by atoms with van der Waals surface area (Å²) >= 11 is 3.49. The molecule has 0 fully saturated rings. The Labute approximate surface area is 91.3 Å². The largest absolute Gasteiger partial charge is 0.359 e. The summed E-state index contributed by atoms with van der Waals surface area (Å²) in [5.74, 6) is 0.890. The first kappa shape index (κ1) is 9.52. The third kappa shape index (κ3) is 1.30. The van der Waals surface area contributed by atoms with Crippen LogP contribution in [0.15, 0.2) is 16.6 Å². The van der Waals surface area contributed by atoms with Crippen molar-refractivity contribution in [3.8, 4) is 0 Å². The van der Waals surface area contributed by atoms with E-state index in [1.54, 1.807) is 0 Å². The molecule has 0 saturated carbocycles. The number of imidazole rings is 1. The number of fused-ring (bicyclic) bond motifs is 1. The van der Waals surface area contributed by atoms with Crippen LogP contribution in [0.1, 0.15) is 5.56 Å². The van der Waals surface area contributed by atoms with E-state index in [1.165, 1.54) is 5.56 Å². The summed E-state index contributed by atoms with van der Waals surface area (Å²) in [6, 6.07) is 4.16. The van der Waals surface area contributed by atoms with Gasteiger partial charge in [-0.1, -0.05) is 15.9 Å². The first-order chi connectivity index (χ1) is 6.63. The first-order valence-electron chi connectivity index (χ1n) is 4.44. The van der Waals surface area contributed by atoms with Crippen molar-refractivity contribution in [2.75, 3.05) is 12.4 Å². The lowest BCUT2D eigenvalue weighted by atomic mass is 10.2. The van der Waals surface area contributed by atoms with Crippen molar-refractivity contribution < 1.29 is 0 Å². The lowest BCUT2D eigenvalue weighted by Gasteiger charge is -2.00. The maximum absolute atomic E-state index is 4.50. The smallest absolute Gasteiger partial charge is 0.203 e. The molecule has 14 heavy (non-hydrogen) atoms. The lowest BCUT2D eigenvalue weighted by Crippen LogP contribution is -1.97. The molecule has 1 N–H and O–H groups in total. The number of hydrogen-bond acceptors (Lipinski definition) is 2. The Morgan fingerprint density at radius 1 is 1.43 bits per heavy atom. The van der Waals surface area contributed by atoms with Crippen molar-refractivity contribution in [1.29, 1.82) is 0 Å². The van der Waals surface area contributed by atoms with Gasteiger partial charge in [-0.05, 0) is 24.6 Å². The van der Waals surface area contributed by atoms with Gasteiger partial charge in [0.15, 0.2) is 0 Å². The van der Waals surface area contributed by atoms with Gasteiger partial charge in [0.2, 0.25) is 5.95 Å². The minimum absolute atomic E-state index is 0.890. The fourth-order valence-electron chi connectivity index (χ4n) is 1.64. The molecule has 0 unspecified atom stereocenters. The van der Waals surface area contributed by atoms with Crippen LogP contribution in [-0.2, 0) is 7.05 Å². The summed E-state index contributed by atoms with van der Waals surface area (Å²) in [5, 5.41) is 3.07. The van der Waals surface area contributed by atoms with Gasteiger partial charge in [-0.15, -0.1) is 0 Å². The Bertz CT molecular complexity index is 488. The van der Waals surface area contributed by atoms with Crippen LogP contribution in [0.3, 0.4) is 0 Å². The molecule has 2 aromatic rings. The van der Waals surface area contributed by atoms with E-state index in [9.17, 15) is 0 Å². The maximum atomic E-state index is 4.50. The number of nitrogens with zero attached hydrogens (tertiary/aromatic N) is 2. The summed E-state index contributed by atoms with van der Waals surface area (Å²) in [7, 11) is 3.89. The molecule has 1 aromatic heterocycles.